The second kappa shape index (κ2) is 5.91. The first-order valence-electron chi connectivity index (χ1n) is 8.28. The third kappa shape index (κ3) is 2.19. The number of ketones is 1. The van der Waals surface area contributed by atoms with Gasteiger partial charge in [-0.05, 0) is 36.9 Å². The molecule has 0 aromatic carbocycles. The highest BCUT2D eigenvalue weighted by atomic mass is 32.1. The van der Waals surface area contributed by atoms with Crippen LogP contribution in [0.4, 0.5) is 0 Å². The highest BCUT2D eigenvalue weighted by Gasteiger charge is 2.21. The van der Waals surface area contributed by atoms with Gasteiger partial charge in [0.15, 0.2) is 0 Å². The summed E-state index contributed by atoms with van der Waals surface area (Å²) in [6.07, 6.45) is 6.60. The second-order valence-corrected chi connectivity index (χ2v) is 6.81. The predicted octanol–water partition coefficient (Wildman–Crippen LogP) is 4.71. The van der Waals surface area contributed by atoms with Crippen molar-refractivity contribution in [2.45, 2.75) is 33.4 Å². The molecule has 0 aliphatic heterocycles. The lowest BCUT2D eigenvalue weighted by atomic mass is 10.1. The molecule has 0 aliphatic carbocycles. The van der Waals surface area contributed by atoms with Crippen molar-refractivity contribution in [3.8, 4) is 0 Å². The van der Waals surface area contributed by atoms with Crippen molar-refractivity contribution in [2.24, 2.45) is 0 Å². The second-order valence-electron chi connectivity index (χ2n) is 5.91. The van der Waals surface area contributed by atoms with Gasteiger partial charge in [0.2, 0.25) is 5.78 Å². The van der Waals surface area contributed by atoms with E-state index in [9.17, 15) is 4.79 Å². The maximum atomic E-state index is 13.3. The Bertz CT molecular complexity index is 1040. The monoisotopic (exact) mass is 337 g/mol. The van der Waals surface area contributed by atoms with Gasteiger partial charge in [0.1, 0.15) is 4.83 Å². The van der Waals surface area contributed by atoms with Gasteiger partial charge in [-0.2, -0.15) is 0 Å². The van der Waals surface area contributed by atoms with Gasteiger partial charge < -0.3 is 9.13 Å². The van der Waals surface area contributed by atoms with Crippen LogP contribution in [0.15, 0.2) is 42.2 Å². The fourth-order valence-electron chi connectivity index (χ4n) is 3.36. The fourth-order valence-corrected chi connectivity index (χ4v) is 4.32. The molecule has 0 radical (unpaired) electrons. The highest BCUT2D eigenvalue weighted by Crippen LogP contribution is 2.29. The van der Waals surface area contributed by atoms with E-state index in [0.717, 1.165) is 51.9 Å². The summed E-state index contributed by atoms with van der Waals surface area (Å²) >= 11 is 1.68. The lowest BCUT2D eigenvalue weighted by Gasteiger charge is -2.05. The number of carbonyl (C=O) groups excluding carboxylic acids is 1. The molecule has 4 rings (SSSR count). The molecule has 4 aromatic rings. The molecule has 122 valence electrons. The Labute approximate surface area is 144 Å². The standard InChI is InChI=1S/C19H19N3OS/c1-3-8-21-12-15(14-11-20-7-5-16(14)21)18(23)17-10-13-6-9-24-19(13)22(17)4-2/h5-7,9-12H,3-4,8H2,1-2H3. The molecule has 4 heterocycles. The molecular weight excluding hydrogens is 318 g/mol. The molecule has 0 atom stereocenters. The summed E-state index contributed by atoms with van der Waals surface area (Å²) in [6.45, 7) is 5.91. The summed E-state index contributed by atoms with van der Waals surface area (Å²) in [4.78, 5) is 18.7. The Hall–Kier alpha value is -2.40. The summed E-state index contributed by atoms with van der Waals surface area (Å²) < 4.78 is 4.27. The van der Waals surface area contributed by atoms with Crippen molar-refractivity contribution in [2.75, 3.05) is 0 Å². The predicted molar refractivity (Wildman–Crippen MR) is 98.9 cm³/mol. The highest BCUT2D eigenvalue weighted by molar-refractivity contribution is 7.16. The van der Waals surface area contributed by atoms with Crippen molar-refractivity contribution in [3.63, 3.8) is 0 Å². The zero-order chi connectivity index (χ0) is 16.7. The molecule has 4 nitrogen and oxygen atoms in total. The van der Waals surface area contributed by atoms with E-state index in [2.05, 4.69) is 39.4 Å². The first-order chi connectivity index (χ1) is 11.7. The van der Waals surface area contributed by atoms with Crippen LogP contribution in [0.5, 0.6) is 0 Å². The van der Waals surface area contributed by atoms with Crippen LogP contribution in [0.3, 0.4) is 0 Å². The van der Waals surface area contributed by atoms with Crippen molar-refractivity contribution in [1.29, 1.82) is 0 Å². The van der Waals surface area contributed by atoms with Crippen molar-refractivity contribution in [1.82, 2.24) is 14.1 Å². The molecule has 0 saturated heterocycles. The van der Waals surface area contributed by atoms with Gasteiger partial charge in [0, 0.05) is 42.5 Å². The van der Waals surface area contributed by atoms with E-state index in [1.54, 1.807) is 23.7 Å². The molecular formula is C19H19N3OS. The number of nitrogens with zero attached hydrogens (tertiary/aromatic N) is 3. The molecule has 0 N–H and O–H groups in total. The number of aryl methyl sites for hydroxylation is 2. The normalized spacial score (nSPS) is 11.6. The van der Waals surface area contributed by atoms with Crippen LogP contribution in [0.1, 0.15) is 36.3 Å². The molecule has 0 bridgehead atoms. The SMILES string of the molecule is CCCn1cc(C(=O)c2cc3ccsc3n2CC)c2cnccc21. The number of hydrogen-bond acceptors (Lipinski definition) is 3. The Balaban J connectivity index is 1.90. The van der Waals surface area contributed by atoms with Gasteiger partial charge >= 0.3 is 0 Å². The minimum Gasteiger partial charge on any atom is -0.347 e. The number of rotatable bonds is 5. The van der Waals surface area contributed by atoms with Crippen LogP contribution in [-0.4, -0.2) is 19.9 Å². The van der Waals surface area contributed by atoms with E-state index in [1.165, 1.54) is 0 Å². The Morgan fingerprint density at radius 3 is 2.96 bits per heavy atom. The van der Waals surface area contributed by atoms with Crippen LogP contribution in [-0.2, 0) is 13.1 Å². The molecule has 5 heteroatoms. The quantitative estimate of drug-likeness (QED) is 0.495. The Morgan fingerprint density at radius 1 is 1.29 bits per heavy atom. The number of fused-ring (bicyclic) bond motifs is 2. The lowest BCUT2D eigenvalue weighted by molar-refractivity contribution is 0.103. The summed E-state index contributed by atoms with van der Waals surface area (Å²) in [5.41, 5.74) is 2.58. The molecule has 0 amide bonds. The van der Waals surface area contributed by atoms with Gasteiger partial charge in [0.25, 0.3) is 0 Å². The van der Waals surface area contributed by atoms with Crippen LogP contribution in [0.2, 0.25) is 0 Å². The first-order valence-corrected chi connectivity index (χ1v) is 9.16. The van der Waals surface area contributed by atoms with Crippen molar-refractivity contribution < 1.29 is 4.79 Å². The van der Waals surface area contributed by atoms with Crippen molar-refractivity contribution in [3.05, 3.63) is 53.4 Å². The summed E-state index contributed by atoms with van der Waals surface area (Å²) in [5.74, 6) is 0.0769. The number of carbonyl (C=O) groups is 1. The van der Waals surface area contributed by atoms with E-state index in [1.807, 2.05) is 18.3 Å². The summed E-state index contributed by atoms with van der Waals surface area (Å²) in [7, 11) is 0. The van der Waals surface area contributed by atoms with Gasteiger partial charge in [-0.3, -0.25) is 9.78 Å². The molecule has 0 saturated carbocycles. The third-order valence-electron chi connectivity index (χ3n) is 4.44. The zero-order valence-corrected chi connectivity index (χ0v) is 14.6. The largest absolute Gasteiger partial charge is 0.347 e. The van der Waals surface area contributed by atoms with Crippen LogP contribution < -0.4 is 0 Å². The minimum absolute atomic E-state index is 0.0769. The third-order valence-corrected chi connectivity index (χ3v) is 5.39. The van der Waals surface area contributed by atoms with E-state index in [0.29, 0.717) is 0 Å². The zero-order valence-electron chi connectivity index (χ0n) is 13.8. The molecule has 4 aromatic heterocycles. The van der Waals surface area contributed by atoms with Gasteiger partial charge in [-0.15, -0.1) is 11.3 Å². The smallest absolute Gasteiger partial charge is 0.211 e. The molecule has 24 heavy (non-hydrogen) atoms. The first kappa shape index (κ1) is 15.1. The summed E-state index contributed by atoms with van der Waals surface area (Å²) in [6, 6.07) is 6.07. The van der Waals surface area contributed by atoms with Gasteiger partial charge in [-0.1, -0.05) is 6.92 Å². The van der Waals surface area contributed by atoms with E-state index >= 15 is 0 Å². The topological polar surface area (TPSA) is 39.8 Å². The van der Waals surface area contributed by atoms with Crippen molar-refractivity contribution >= 4 is 38.2 Å². The summed E-state index contributed by atoms with van der Waals surface area (Å²) in [5, 5.41) is 4.14. The molecule has 0 aliphatic rings. The van der Waals surface area contributed by atoms with Crippen LogP contribution in [0.25, 0.3) is 21.1 Å². The number of pyridine rings is 1. The molecule has 0 fully saturated rings. The number of hydrogen-bond donors (Lipinski definition) is 0. The van der Waals surface area contributed by atoms with E-state index < -0.39 is 0 Å². The van der Waals surface area contributed by atoms with Crippen LogP contribution >= 0.6 is 11.3 Å². The average molecular weight is 337 g/mol. The maximum Gasteiger partial charge on any atom is 0.211 e. The Morgan fingerprint density at radius 2 is 2.17 bits per heavy atom. The number of thiophene rings is 1. The maximum absolute atomic E-state index is 13.3. The minimum atomic E-state index is 0.0769. The van der Waals surface area contributed by atoms with Gasteiger partial charge in [0.05, 0.1) is 16.8 Å². The lowest BCUT2D eigenvalue weighted by Crippen LogP contribution is -2.08. The fraction of sp³-hybridized carbons (Fsp3) is 0.263. The Kier molecular flexibility index (Phi) is 3.73. The van der Waals surface area contributed by atoms with E-state index in [4.69, 9.17) is 0 Å². The average Bonchev–Trinajstić information content (AvgIpc) is 3.27. The molecule has 0 unspecified atom stereocenters. The van der Waals surface area contributed by atoms with Gasteiger partial charge in [-0.25, -0.2) is 0 Å². The molecule has 0 spiro atoms. The van der Waals surface area contributed by atoms with Crippen LogP contribution in [0, 0.1) is 0 Å². The van der Waals surface area contributed by atoms with E-state index in [-0.39, 0.29) is 5.78 Å². The number of aromatic nitrogens is 3.